The molecule has 0 amide bonds. The smallest absolute Gasteiger partial charge is 0.128 e. The maximum Gasteiger partial charge on any atom is 0.128 e. The van der Waals surface area contributed by atoms with Crippen molar-refractivity contribution in [3.63, 3.8) is 0 Å². The van der Waals surface area contributed by atoms with Gasteiger partial charge in [0.2, 0.25) is 0 Å². The Balaban J connectivity index is 1.87. The van der Waals surface area contributed by atoms with Gasteiger partial charge in [-0.25, -0.2) is 4.98 Å². The molecule has 1 aliphatic rings. The first-order chi connectivity index (χ1) is 6.75. The third kappa shape index (κ3) is 2.27. The molecule has 1 saturated carbocycles. The molecule has 0 atom stereocenters. The zero-order valence-corrected chi connectivity index (χ0v) is 9.94. The van der Waals surface area contributed by atoms with Crippen LogP contribution in [0.25, 0.3) is 0 Å². The SMILES string of the molecule is CN(CC1CC(Br)C1)c1ccccn1. The molecule has 0 aliphatic heterocycles. The summed E-state index contributed by atoms with van der Waals surface area (Å²) in [5.41, 5.74) is 0. The summed E-state index contributed by atoms with van der Waals surface area (Å²) in [5, 5.41) is 0. The van der Waals surface area contributed by atoms with Crippen LogP contribution in [0.3, 0.4) is 0 Å². The molecular weight excluding hydrogens is 240 g/mol. The van der Waals surface area contributed by atoms with Crippen LogP contribution in [0.15, 0.2) is 24.4 Å². The molecule has 2 nitrogen and oxygen atoms in total. The van der Waals surface area contributed by atoms with Crippen LogP contribution in [0.2, 0.25) is 0 Å². The van der Waals surface area contributed by atoms with Gasteiger partial charge in [-0.3, -0.25) is 0 Å². The first-order valence-corrected chi connectivity index (χ1v) is 5.93. The predicted octanol–water partition coefficient (Wildman–Crippen LogP) is 2.69. The van der Waals surface area contributed by atoms with E-state index in [1.54, 1.807) is 0 Å². The third-order valence-corrected chi connectivity index (χ3v) is 3.50. The van der Waals surface area contributed by atoms with Crippen molar-refractivity contribution in [3.05, 3.63) is 24.4 Å². The lowest BCUT2D eigenvalue weighted by Crippen LogP contribution is -2.34. The Hall–Kier alpha value is -0.570. The lowest BCUT2D eigenvalue weighted by Gasteiger charge is -2.34. The number of alkyl halides is 1. The molecule has 1 aliphatic carbocycles. The maximum atomic E-state index is 4.32. The summed E-state index contributed by atoms with van der Waals surface area (Å²) in [6.07, 6.45) is 4.45. The molecule has 1 aromatic heterocycles. The van der Waals surface area contributed by atoms with Crippen LogP contribution in [0.5, 0.6) is 0 Å². The van der Waals surface area contributed by atoms with Crippen molar-refractivity contribution in [2.45, 2.75) is 17.7 Å². The Morgan fingerprint density at radius 2 is 2.29 bits per heavy atom. The van der Waals surface area contributed by atoms with Gasteiger partial charge < -0.3 is 4.90 Å². The van der Waals surface area contributed by atoms with Crippen molar-refractivity contribution in [1.82, 2.24) is 4.98 Å². The summed E-state index contributed by atoms with van der Waals surface area (Å²) < 4.78 is 0. The van der Waals surface area contributed by atoms with Crippen LogP contribution in [0.4, 0.5) is 5.82 Å². The molecule has 0 unspecified atom stereocenters. The minimum atomic E-state index is 0.754. The van der Waals surface area contributed by atoms with Crippen LogP contribution in [-0.2, 0) is 0 Å². The first-order valence-electron chi connectivity index (χ1n) is 5.02. The molecule has 2 rings (SSSR count). The minimum Gasteiger partial charge on any atom is -0.359 e. The van der Waals surface area contributed by atoms with Gasteiger partial charge in [0, 0.05) is 24.6 Å². The second kappa shape index (κ2) is 4.30. The summed E-state index contributed by atoms with van der Waals surface area (Å²) in [6.45, 7) is 1.12. The van der Waals surface area contributed by atoms with Gasteiger partial charge in [-0.15, -0.1) is 0 Å². The number of rotatable bonds is 3. The first kappa shape index (κ1) is 9.97. The Morgan fingerprint density at radius 1 is 1.50 bits per heavy atom. The zero-order chi connectivity index (χ0) is 9.97. The Morgan fingerprint density at radius 3 is 2.86 bits per heavy atom. The van der Waals surface area contributed by atoms with Crippen LogP contribution in [0, 0.1) is 5.92 Å². The topological polar surface area (TPSA) is 16.1 Å². The van der Waals surface area contributed by atoms with Crippen LogP contribution >= 0.6 is 15.9 Å². The Kier molecular flexibility index (Phi) is 3.06. The molecule has 1 aromatic rings. The predicted molar refractivity (Wildman–Crippen MR) is 62.9 cm³/mol. The second-order valence-corrected chi connectivity index (χ2v) is 5.30. The van der Waals surface area contributed by atoms with E-state index in [1.807, 2.05) is 18.3 Å². The number of hydrogen-bond acceptors (Lipinski definition) is 2. The van der Waals surface area contributed by atoms with Gasteiger partial charge in [0.05, 0.1) is 0 Å². The van der Waals surface area contributed by atoms with Gasteiger partial charge in [0.25, 0.3) is 0 Å². The summed E-state index contributed by atoms with van der Waals surface area (Å²) in [5.74, 6) is 1.91. The van der Waals surface area contributed by atoms with E-state index in [9.17, 15) is 0 Å². The monoisotopic (exact) mass is 254 g/mol. The number of halogens is 1. The highest BCUT2D eigenvalue weighted by molar-refractivity contribution is 9.09. The average molecular weight is 255 g/mol. The number of aromatic nitrogens is 1. The van der Waals surface area contributed by atoms with Crippen molar-refractivity contribution >= 4 is 21.7 Å². The lowest BCUT2D eigenvalue weighted by atomic mass is 9.85. The summed E-state index contributed by atoms with van der Waals surface area (Å²) in [7, 11) is 2.11. The summed E-state index contributed by atoms with van der Waals surface area (Å²) in [6, 6.07) is 6.05. The van der Waals surface area contributed by atoms with Crippen molar-refractivity contribution in [1.29, 1.82) is 0 Å². The highest BCUT2D eigenvalue weighted by atomic mass is 79.9. The molecule has 0 aromatic carbocycles. The average Bonchev–Trinajstić information content (AvgIpc) is 2.17. The quantitative estimate of drug-likeness (QED) is 0.772. The van der Waals surface area contributed by atoms with Crippen molar-refractivity contribution in [2.24, 2.45) is 5.92 Å². The molecule has 1 fully saturated rings. The number of anilines is 1. The largest absolute Gasteiger partial charge is 0.359 e. The Bertz CT molecular complexity index is 283. The molecule has 1 heterocycles. The van der Waals surface area contributed by atoms with E-state index in [0.29, 0.717) is 0 Å². The highest BCUT2D eigenvalue weighted by Gasteiger charge is 2.27. The fraction of sp³-hybridized carbons (Fsp3) is 0.545. The minimum absolute atomic E-state index is 0.754. The number of nitrogens with zero attached hydrogens (tertiary/aromatic N) is 2. The molecular formula is C11H15BrN2. The van der Waals surface area contributed by atoms with E-state index in [-0.39, 0.29) is 0 Å². The molecule has 0 saturated heterocycles. The van der Waals surface area contributed by atoms with Crippen molar-refractivity contribution in [2.75, 3.05) is 18.5 Å². The summed E-state index contributed by atoms with van der Waals surface area (Å²) in [4.78, 5) is 7.32. The van der Waals surface area contributed by atoms with Gasteiger partial charge >= 0.3 is 0 Å². The fourth-order valence-electron chi connectivity index (χ4n) is 1.86. The highest BCUT2D eigenvalue weighted by Crippen LogP contribution is 2.34. The zero-order valence-electron chi connectivity index (χ0n) is 8.36. The van der Waals surface area contributed by atoms with Gasteiger partial charge in [0.1, 0.15) is 5.82 Å². The molecule has 0 radical (unpaired) electrons. The van der Waals surface area contributed by atoms with E-state index in [2.05, 4.69) is 38.9 Å². The van der Waals surface area contributed by atoms with Crippen LogP contribution in [0.1, 0.15) is 12.8 Å². The molecule has 76 valence electrons. The lowest BCUT2D eigenvalue weighted by molar-refractivity contribution is 0.338. The number of pyridine rings is 1. The van der Waals surface area contributed by atoms with Gasteiger partial charge in [0.15, 0.2) is 0 Å². The molecule has 0 N–H and O–H groups in total. The molecule has 3 heteroatoms. The fourth-order valence-corrected chi connectivity index (χ4v) is 2.92. The van der Waals surface area contributed by atoms with Gasteiger partial charge in [-0.2, -0.15) is 0 Å². The molecule has 14 heavy (non-hydrogen) atoms. The van der Waals surface area contributed by atoms with Crippen LogP contribution < -0.4 is 4.90 Å². The van der Waals surface area contributed by atoms with E-state index in [1.165, 1.54) is 12.8 Å². The number of hydrogen-bond donors (Lipinski definition) is 0. The van der Waals surface area contributed by atoms with E-state index in [0.717, 1.165) is 23.1 Å². The normalized spacial score (nSPS) is 25.6. The van der Waals surface area contributed by atoms with Crippen LogP contribution in [-0.4, -0.2) is 23.4 Å². The van der Waals surface area contributed by atoms with Crippen molar-refractivity contribution in [3.8, 4) is 0 Å². The Labute approximate surface area is 93.5 Å². The maximum absolute atomic E-state index is 4.32. The third-order valence-electron chi connectivity index (χ3n) is 2.75. The van der Waals surface area contributed by atoms with Gasteiger partial charge in [-0.1, -0.05) is 22.0 Å². The summed E-state index contributed by atoms with van der Waals surface area (Å²) >= 11 is 3.61. The van der Waals surface area contributed by atoms with Gasteiger partial charge in [-0.05, 0) is 30.9 Å². The molecule has 0 bridgehead atoms. The standard InChI is InChI=1S/C11H15BrN2/c1-14(8-9-6-10(12)7-9)11-4-2-3-5-13-11/h2-5,9-10H,6-8H2,1H3. The van der Waals surface area contributed by atoms with E-state index >= 15 is 0 Å². The van der Waals surface area contributed by atoms with Crippen molar-refractivity contribution < 1.29 is 0 Å². The second-order valence-electron chi connectivity index (χ2n) is 4.00. The van der Waals surface area contributed by atoms with E-state index < -0.39 is 0 Å². The molecule has 0 spiro atoms. The van der Waals surface area contributed by atoms with E-state index in [4.69, 9.17) is 0 Å².